The van der Waals surface area contributed by atoms with Gasteiger partial charge < -0.3 is 24.8 Å². The smallest absolute Gasteiger partial charge is 0.191 e. The monoisotopic (exact) mass is 337 g/mol. The summed E-state index contributed by atoms with van der Waals surface area (Å²) in [5, 5.41) is 6.52. The fourth-order valence-corrected chi connectivity index (χ4v) is 1.89. The number of methoxy groups -OCH3 is 2. The summed E-state index contributed by atoms with van der Waals surface area (Å²) in [6.07, 6.45) is -0.0411. The molecular formula is C18H31N3O3. The molecule has 0 amide bonds. The lowest BCUT2D eigenvalue weighted by Crippen LogP contribution is -2.42. The van der Waals surface area contributed by atoms with Crippen molar-refractivity contribution < 1.29 is 14.2 Å². The number of nitrogens with one attached hydrogen (secondary N) is 2. The van der Waals surface area contributed by atoms with Crippen molar-refractivity contribution in [1.29, 1.82) is 0 Å². The Morgan fingerprint density at radius 1 is 1.17 bits per heavy atom. The van der Waals surface area contributed by atoms with Crippen LogP contribution in [0, 0.1) is 0 Å². The fraction of sp³-hybridized carbons (Fsp3) is 0.611. The van der Waals surface area contributed by atoms with Crippen LogP contribution in [-0.4, -0.2) is 51.5 Å². The second-order valence-electron chi connectivity index (χ2n) is 6.12. The number of hydrogen-bond donors (Lipinski definition) is 2. The van der Waals surface area contributed by atoms with Gasteiger partial charge in [-0.25, -0.2) is 0 Å². The number of nitrogens with zero attached hydrogens (tertiary/aromatic N) is 1. The molecule has 0 aromatic heterocycles. The van der Waals surface area contributed by atoms with E-state index >= 15 is 0 Å². The van der Waals surface area contributed by atoms with E-state index in [0.717, 1.165) is 24.0 Å². The molecule has 136 valence electrons. The third-order valence-corrected chi connectivity index (χ3v) is 3.47. The number of rotatable bonds is 9. The fourth-order valence-electron chi connectivity index (χ4n) is 1.89. The third-order valence-electron chi connectivity index (χ3n) is 3.47. The van der Waals surface area contributed by atoms with Gasteiger partial charge in [0.15, 0.2) is 17.5 Å². The molecule has 6 heteroatoms. The van der Waals surface area contributed by atoms with Gasteiger partial charge in [0.05, 0.1) is 25.8 Å². The van der Waals surface area contributed by atoms with Crippen molar-refractivity contribution in [2.45, 2.75) is 39.4 Å². The standard InChI is InChI=1S/C18H31N3O3/c1-7-19-17(21-13-18(3,4)23-6)20-12-14(2)24-16-11-9-8-10-15(16)22-5/h8-11,14H,7,12-13H2,1-6H3,(H2,19,20,21). The first-order valence-corrected chi connectivity index (χ1v) is 8.29. The first kappa shape index (κ1) is 20.1. The zero-order chi connectivity index (χ0) is 18.0. The van der Waals surface area contributed by atoms with Crippen LogP contribution in [0.5, 0.6) is 11.5 Å². The summed E-state index contributed by atoms with van der Waals surface area (Å²) in [5.74, 6) is 2.21. The largest absolute Gasteiger partial charge is 0.493 e. The van der Waals surface area contributed by atoms with Crippen molar-refractivity contribution in [3.8, 4) is 11.5 Å². The molecule has 6 nitrogen and oxygen atoms in total. The van der Waals surface area contributed by atoms with E-state index in [1.807, 2.05) is 52.0 Å². The zero-order valence-corrected chi connectivity index (χ0v) is 15.7. The van der Waals surface area contributed by atoms with E-state index in [1.165, 1.54) is 0 Å². The highest BCUT2D eigenvalue weighted by Gasteiger charge is 2.16. The van der Waals surface area contributed by atoms with Crippen LogP contribution >= 0.6 is 0 Å². The molecule has 0 bridgehead atoms. The summed E-state index contributed by atoms with van der Waals surface area (Å²) in [6.45, 7) is 10.0. The molecule has 1 aromatic carbocycles. The maximum absolute atomic E-state index is 5.94. The minimum atomic E-state index is -0.290. The van der Waals surface area contributed by atoms with Crippen molar-refractivity contribution in [2.75, 3.05) is 33.9 Å². The summed E-state index contributed by atoms with van der Waals surface area (Å²) in [6, 6.07) is 7.63. The molecular weight excluding hydrogens is 306 g/mol. The van der Waals surface area contributed by atoms with Crippen molar-refractivity contribution >= 4 is 5.96 Å². The van der Waals surface area contributed by atoms with E-state index in [-0.39, 0.29) is 11.7 Å². The predicted octanol–water partition coefficient (Wildman–Crippen LogP) is 2.44. The molecule has 1 unspecified atom stereocenters. The third kappa shape index (κ3) is 7.08. The van der Waals surface area contributed by atoms with Gasteiger partial charge in [0.1, 0.15) is 6.10 Å². The Bertz CT molecular complexity index is 518. The number of aliphatic imine (C=N–C) groups is 1. The van der Waals surface area contributed by atoms with Gasteiger partial charge in [-0.3, -0.25) is 4.99 Å². The van der Waals surface area contributed by atoms with E-state index in [2.05, 4.69) is 15.6 Å². The van der Waals surface area contributed by atoms with E-state index in [0.29, 0.717) is 13.1 Å². The quantitative estimate of drug-likeness (QED) is 0.535. The van der Waals surface area contributed by atoms with Crippen LogP contribution in [-0.2, 0) is 4.74 Å². The molecule has 0 spiro atoms. The van der Waals surface area contributed by atoms with Crippen LogP contribution < -0.4 is 20.1 Å². The highest BCUT2D eigenvalue weighted by Crippen LogP contribution is 2.26. The minimum absolute atomic E-state index is 0.0411. The molecule has 1 rings (SSSR count). The number of para-hydroxylation sites is 2. The highest BCUT2D eigenvalue weighted by molar-refractivity contribution is 5.79. The minimum Gasteiger partial charge on any atom is -0.493 e. The van der Waals surface area contributed by atoms with Gasteiger partial charge in [0, 0.05) is 13.7 Å². The molecule has 0 aliphatic heterocycles. The maximum atomic E-state index is 5.94. The zero-order valence-electron chi connectivity index (χ0n) is 15.7. The molecule has 0 heterocycles. The Morgan fingerprint density at radius 3 is 2.42 bits per heavy atom. The van der Waals surface area contributed by atoms with Crippen LogP contribution in [0.3, 0.4) is 0 Å². The van der Waals surface area contributed by atoms with Crippen LogP contribution in [0.15, 0.2) is 29.3 Å². The van der Waals surface area contributed by atoms with Gasteiger partial charge in [0.25, 0.3) is 0 Å². The summed E-state index contributed by atoms with van der Waals surface area (Å²) in [7, 11) is 3.33. The summed E-state index contributed by atoms with van der Waals surface area (Å²) in [4.78, 5) is 4.56. The molecule has 0 aliphatic carbocycles. The molecule has 0 saturated carbocycles. The topological polar surface area (TPSA) is 64.1 Å². The average molecular weight is 337 g/mol. The van der Waals surface area contributed by atoms with Crippen molar-refractivity contribution in [3.63, 3.8) is 0 Å². The van der Waals surface area contributed by atoms with E-state index < -0.39 is 0 Å². The van der Waals surface area contributed by atoms with Crippen molar-refractivity contribution in [3.05, 3.63) is 24.3 Å². The normalized spacial score (nSPS) is 13.3. The number of hydrogen-bond acceptors (Lipinski definition) is 4. The second-order valence-corrected chi connectivity index (χ2v) is 6.12. The van der Waals surface area contributed by atoms with Gasteiger partial charge in [-0.1, -0.05) is 12.1 Å². The van der Waals surface area contributed by atoms with E-state index in [4.69, 9.17) is 14.2 Å². The lowest BCUT2D eigenvalue weighted by Gasteiger charge is -2.22. The molecule has 24 heavy (non-hydrogen) atoms. The molecule has 1 aromatic rings. The van der Waals surface area contributed by atoms with Crippen molar-refractivity contribution in [1.82, 2.24) is 10.6 Å². The first-order valence-electron chi connectivity index (χ1n) is 8.29. The number of ether oxygens (including phenoxy) is 3. The first-order chi connectivity index (χ1) is 11.4. The molecule has 2 N–H and O–H groups in total. The SMILES string of the molecule is CCNC(=NCC(C)(C)OC)NCC(C)Oc1ccccc1OC. The number of benzene rings is 1. The number of guanidine groups is 1. The van der Waals surface area contributed by atoms with Crippen molar-refractivity contribution in [2.24, 2.45) is 4.99 Å². The Kier molecular flexibility index (Phi) is 8.40. The molecule has 0 radical (unpaired) electrons. The summed E-state index contributed by atoms with van der Waals surface area (Å²) >= 11 is 0. The predicted molar refractivity (Wildman–Crippen MR) is 98.2 cm³/mol. The van der Waals surface area contributed by atoms with Crippen LogP contribution in [0.2, 0.25) is 0 Å². The van der Waals surface area contributed by atoms with E-state index in [1.54, 1.807) is 14.2 Å². The summed E-state index contributed by atoms with van der Waals surface area (Å²) in [5.41, 5.74) is -0.290. The van der Waals surface area contributed by atoms with Gasteiger partial charge in [-0.15, -0.1) is 0 Å². The molecule has 1 atom stereocenters. The van der Waals surface area contributed by atoms with Gasteiger partial charge in [-0.05, 0) is 39.8 Å². The van der Waals surface area contributed by atoms with Gasteiger partial charge >= 0.3 is 0 Å². The Morgan fingerprint density at radius 2 is 1.83 bits per heavy atom. The van der Waals surface area contributed by atoms with Crippen LogP contribution in [0.4, 0.5) is 0 Å². The second kappa shape index (κ2) is 10.0. The Balaban J connectivity index is 2.58. The van der Waals surface area contributed by atoms with Gasteiger partial charge in [-0.2, -0.15) is 0 Å². The lowest BCUT2D eigenvalue weighted by atomic mass is 10.1. The Hall–Kier alpha value is -1.95. The van der Waals surface area contributed by atoms with Crippen LogP contribution in [0.1, 0.15) is 27.7 Å². The highest BCUT2D eigenvalue weighted by atomic mass is 16.5. The molecule has 0 aliphatic rings. The maximum Gasteiger partial charge on any atom is 0.191 e. The summed E-state index contributed by atoms with van der Waals surface area (Å²) < 4.78 is 16.6. The van der Waals surface area contributed by atoms with Crippen LogP contribution in [0.25, 0.3) is 0 Å². The molecule has 0 saturated heterocycles. The van der Waals surface area contributed by atoms with Gasteiger partial charge in [0.2, 0.25) is 0 Å². The lowest BCUT2D eigenvalue weighted by molar-refractivity contribution is 0.0310. The Labute approximate surface area is 145 Å². The van der Waals surface area contributed by atoms with E-state index in [9.17, 15) is 0 Å². The molecule has 0 fully saturated rings. The average Bonchev–Trinajstić information content (AvgIpc) is 2.58.